The molecule has 0 unspecified atom stereocenters. The molecule has 14 heavy (non-hydrogen) atoms. The molecule has 0 aliphatic carbocycles. The van der Waals surface area contributed by atoms with E-state index in [2.05, 4.69) is 4.72 Å². The molecule has 0 aliphatic heterocycles. The van der Waals surface area contributed by atoms with E-state index < -0.39 is 10.0 Å². The van der Waals surface area contributed by atoms with E-state index in [1.165, 1.54) is 7.05 Å². The fourth-order valence-corrected chi connectivity index (χ4v) is 2.78. The fraction of sp³-hybridized carbons (Fsp3) is 0.400. The highest BCUT2D eigenvalue weighted by Crippen LogP contribution is 2.21. The highest BCUT2D eigenvalue weighted by molar-refractivity contribution is 7.89. The van der Waals surface area contributed by atoms with Gasteiger partial charge in [-0.15, -0.1) is 4.72 Å². The molecule has 4 heteroatoms. The minimum atomic E-state index is -3.45. The number of hydrogen-bond donors (Lipinski definition) is 0. The van der Waals surface area contributed by atoms with Gasteiger partial charge in [0, 0.05) is 7.05 Å². The van der Waals surface area contributed by atoms with Crippen LogP contribution in [0.5, 0.6) is 0 Å². The summed E-state index contributed by atoms with van der Waals surface area (Å²) in [6.45, 7) is 5.52. The van der Waals surface area contributed by atoms with E-state index in [4.69, 9.17) is 0 Å². The molecule has 0 aromatic heterocycles. The lowest BCUT2D eigenvalue weighted by Crippen LogP contribution is -2.14. The first-order valence-electron chi connectivity index (χ1n) is 4.32. The van der Waals surface area contributed by atoms with Crippen molar-refractivity contribution in [1.82, 2.24) is 4.72 Å². The summed E-state index contributed by atoms with van der Waals surface area (Å²) in [7, 11) is -2.15. The molecule has 0 atom stereocenters. The first-order chi connectivity index (χ1) is 6.38. The van der Waals surface area contributed by atoms with Gasteiger partial charge in [0.1, 0.15) is 0 Å². The average molecular weight is 212 g/mol. The molecular weight excluding hydrogens is 198 g/mol. The van der Waals surface area contributed by atoms with Crippen LogP contribution in [0.1, 0.15) is 16.7 Å². The Balaban J connectivity index is 3.51. The van der Waals surface area contributed by atoms with Gasteiger partial charge < -0.3 is 0 Å². The Kier molecular flexibility index (Phi) is 2.97. The summed E-state index contributed by atoms with van der Waals surface area (Å²) in [6.07, 6.45) is 0. The first kappa shape index (κ1) is 11.2. The molecule has 1 radical (unpaired) electrons. The van der Waals surface area contributed by atoms with Crippen LogP contribution in [-0.4, -0.2) is 15.5 Å². The van der Waals surface area contributed by atoms with Crippen molar-refractivity contribution in [3.63, 3.8) is 0 Å². The summed E-state index contributed by atoms with van der Waals surface area (Å²) < 4.78 is 26.6. The molecule has 1 aromatic carbocycles. The minimum Gasteiger partial charge on any atom is -0.206 e. The Morgan fingerprint density at radius 1 is 1.07 bits per heavy atom. The number of sulfonamides is 1. The van der Waals surface area contributed by atoms with Crippen LogP contribution in [0.2, 0.25) is 0 Å². The molecule has 0 saturated carbocycles. The summed E-state index contributed by atoms with van der Waals surface area (Å²) in [5.41, 5.74) is 2.58. The van der Waals surface area contributed by atoms with E-state index in [1.807, 2.05) is 19.1 Å². The van der Waals surface area contributed by atoms with Crippen molar-refractivity contribution < 1.29 is 8.42 Å². The summed E-state index contributed by atoms with van der Waals surface area (Å²) >= 11 is 0. The van der Waals surface area contributed by atoms with Gasteiger partial charge in [0.05, 0.1) is 4.90 Å². The maximum atomic E-state index is 11.6. The minimum absolute atomic E-state index is 0.339. The predicted molar refractivity (Wildman–Crippen MR) is 55.9 cm³/mol. The van der Waals surface area contributed by atoms with Crippen molar-refractivity contribution in [2.24, 2.45) is 0 Å². The molecule has 1 aromatic rings. The van der Waals surface area contributed by atoms with Crippen molar-refractivity contribution in [1.29, 1.82) is 0 Å². The van der Waals surface area contributed by atoms with Gasteiger partial charge in [0.2, 0.25) is 0 Å². The number of rotatable bonds is 2. The number of benzene rings is 1. The summed E-state index contributed by atoms with van der Waals surface area (Å²) in [6, 6.07) is 3.70. The van der Waals surface area contributed by atoms with Crippen LogP contribution >= 0.6 is 0 Å². The normalized spacial score (nSPS) is 11.7. The Bertz CT molecular complexity index is 426. The van der Waals surface area contributed by atoms with E-state index in [0.717, 1.165) is 16.7 Å². The van der Waals surface area contributed by atoms with Crippen LogP contribution in [0.15, 0.2) is 17.0 Å². The summed E-state index contributed by atoms with van der Waals surface area (Å²) in [5, 5.41) is 0. The van der Waals surface area contributed by atoms with Crippen molar-refractivity contribution >= 4 is 10.0 Å². The lowest BCUT2D eigenvalue weighted by Gasteiger charge is -2.09. The Morgan fingerprint density at radius 2 is 1.50 bits per heavy atom. The lowest BCUT2D eigenvalue weighted by atomic mass is 10.1. The molecule has 77 valence electrons. The molecule has 0 fully saturated rings. The molecule has 0 spiro atoms. The Hall–Kier alpha value is -0.870. The van der Waals surface area contributed by atoms with Crippen LogP contribution < -0.4 is 4.72 Å². The van der Waals surface area contributed by atoms with Gasteiger partial charge in [-0.3, -0.25) is 0 Å². The zero-order valence-electron chi connectivity index (χ0n) is 8.83. The monoisotopic (exact) mass is 212 g/mol. The average Bonchev–Trinajstić information content (AvgIpc) is 2.01. The van der Waals surface area contributed by atoms with Crippen molar-refractivity contribution in [2.45, 2.75) is 25.7 Å². The van der Waals surface area contributed by atoms with Crippen molar-refractivity contribution in [3.8, 4) is 0 Å². The van der Waals surface area contributed by atoms with Crippen molar-refractivity contribution in [2.75, 3.05) is 7.05 Å². The van der Waals surface area contributed by atoms with E-state index >= 15 is 0 Å². The highest BCUT2D eigenvalue weighted by atomic mass is 32.2. The molecule has 0 bridgehead atoms. The summed E-state index contributed by atoms with van der Waals surface area (Å²) in [5.74, 6) is 0. The van der Waals surface area contributed by atoms with Gasteiger partial charge in [-0.05, 0) is 31.9 Å². The van der Waals surface area contributed by atoms with Gasteiger partial charge in [0.25, 0.3) is 10.0 Å². The van der Waals surface area contributed by atoms with E-state index in [1.54, 1.807) is 13.8 Å². The fourth-order valence-electron chi connectivity index (χ4n) is 1.66. The quantitative estimate of drug-likeness (QED) is 0.746. The lowest BCUT2D eigenvalue weighted by molar-refractivity contribution is 0.586. The third-order valence-corrected chi connectivity index (χ3v) is 3.74. The largest absolute Gasteiger partial charge is 0.257 e. The second kappa shape index (κ2) is 3.71. The number of hydrogen-bond acceptors (Lipinski definition) is 2. The van der Waals surface area contributed by atoms with E-state index in [-0.39, 0.29) is 0 Å². The van der Waals surface area contributed by atoms with Gasteiger partial charge in [-0.2, -0.15) is 0 Å². The van der Waals surface area contributed by atoms with Crippen LogP contribution in [0.3, 0.4) is 0 Å². The van der Waals surface area contributed by atoms with Crippen LogP contribution in [0.25, 0.3) is 0 Å². The number of aryl methyl sites for hydroxylation is 3. The van der Waals surface area contributed by atoms with Crippen LogP contribution in [-0.2, 0) is 10.0 Å². The predicted octanol–water partition coefficient (Wildman–Crippen LogP) is 1.53. The third-order valence-electron chi connectivity index (χ3n) is 2.10. The smallest absolute Gasteiger partial charge is 0.206 e. The second-order valence-corrected chi connectivity index (χ2v) is 5.11. The third kappa shape index (κ3) is 1.96. The molecule has 3 nitrogen and oxygen atoms in total. The second-order valence-electron chi connectivity index (χ2n) is 3.39. The van der Waals surface area contributed by atoms with Gasteiger partial charge in [-0.25, -0.2) is 8.42 Å². The van der Waals surface area contributed by atoms with Crippen LogP contribution in [0, 0.1) is 20.8 Å². The molecule has 0 aliphatic rings. The molecule has 0 N–H and O–H groups in total. The maximum Gasteiger partial charge on any atom is 0.257 e. The Labute approximate surface area is 85.2 Å². The molecule has 0 heterocycles. The van der Waals surface area contributed by atoms with Gasteiger partial charge in [0.15, 0.2) is 0 Å². The van der Waals surface area contributed by atoms with Crippen LogP contribution in [0.4, 0.5) is 0 Å². The van der Waals surface area contributed by atoms with Gasteiger partial charge >= 0.3 is 0 Å². The molecular formula is C10H14NO2S. The zero-order chi connectivity index (χ0) is 10.9. The first-order valence-corrected chi connectivity index (χ1v) is 5.76. The highest BCUT2D eigenvalue weighted by Gasteiger charge is 2.18. The maximum absolute atomic E-state index is 11.6. The van der Waals surface area contributed by atoms with E-state index in [0.29, 0.717) is 4.90 Å². The Morgan fingerprint density at radius 3 is 1.86 bits per heavy atom. The zero-order valence-corrected chi connectivity index (χ0v) is 9.64. The SMILES string of the molecule is C[N]S(=O)(=O)c1c(C)cc(C)cc1C. The summed E-state index contributed by atoms with van der Waals surface area (Å²) in [4.78, 5) is 0.339. The molecule has 0 saturated heterocycles. The van der Waals surface area contributed by atoms with Crippen molar-refractivity contribution in [3.05, 3.63) is 28.8 Å². The molecule has 0 amide bonds. The van der Waals surface area contributed by atoms with Gasteiger partial charge in [-0.1, -0.05) is 17.7 Å². The number of nitrogens with zero attached hydrogens (tertiary/aromatic N) is 1. The topological polar surface area (TPSA) is 48.2 Å². The molecule has 1 rings (SSSR count). The standard InChI is InChI=1S/C10H14NO2S/c1-7-5-8(2)10(9(3)6-7)14(12,13)11-4/h5-6H,1-4H3. The van der Waals surface area contributed by atoms with E-state index in [9.17, 15) is 8.42 Å².